The zero-order valence-corrected chi connectivity index (χ0v) is 13.0. The molecule has 1 heterocycles. The molecule has 0 spiro atoms. The van der Waals surface area contributed by atoms with Gasteiger partial charge in [-0.2, -0.15) is 0 Å². The lowest BCUT2D eigenvalue weighted by atomic mass is 10.1. The van der Waals surface area contributed by atoms with E-state index < -0.39 is 0 Å². The normalized spacial score (nSPS) is 16.0. The van der Waals surface area contributed by atoms with Gasteiger partial charge in [-0.25, -0.2) is 4.98 Å². The van der Waals surface area contributed by atoms with Crippen molar-refractivity contribution in [1.29, 1.82) is 0 Å². The van der Waals surface area contributed by atoms with Gasteiger partial charge in [-0.15, -0.1) is 0 Å². The Bertz CT molecular complexity index is 615. The third-order valence-electron chi connectivity index (χ3n) is 4.32. The summed E-state index contributed by atoms with van der Waals surface area (Å²) in [7, 11) is 0. The van der Waals surface area contributed by atoms with Crippen LogP contribution < -0.4 is 10.6 Å². The van der Waals surface area contributed by atoms with Gasteiger partial charge in [0.05, 0.1) is 5.52 Å². The van der Waals surface area contributed by atoms with Crippen molar-refractivity contribution in [3.63, 3.8) is 0 Å². The predicted molar refractivity (Wildman–Crippen MR) is 90.6 cm³/mol. The third-order valence-corrected chi connectivity index (χ3v) is 4.32. The van der Waals surface area contributed by atoms with Crippen LogP contribution in [0.4, 0.5) is 11.5 Å². The molecule has 0 amide bonds. The van der Waals surface area contributed by atoms with Crippen molar-refractivity contribution in [1.82, 2.24) is 4.98 Å². The van der Waals surface area contributed by atoms with Crippen LogP contribution in [-0.2, 0) is 0 Å². The molecule has 3 heteroatoms. The molecule has 1 aliphatic carbocycles. The van der Waals surface area contributed by atoms with Crippen LogP contribution in [0.5, 0.6) is 0 Å². The number of benzene rings is 1. The van der Waals surface area contributed by atoms with Crippen molar-refractivity contribution in [3.05, 3.63) is 30.3 Å². The lowest BCUT2D eigenvalue weighted by molar-refractivity contribution is 0.532. The maximum atomic E-state index is 5.85. The van der Waals surface area contributed by atoms with E-state index in [0.29, 0.717) is 12.0 Å². The number of nitrogens with zero attached hydrogens (tertiary/aromatic N) is 2. The molecule has 0 saturated heterocycles. The van der Waals surface area contributed by atoms with E-state index in [0.717, 1.165) is 29.0 Å². The monoisotopic (exact) mass is 283 g/mol. The fraction of sp³-hybridized carbons (Fsp3) is 0.500. The third kappa shape index (κ3) is 3.12. The van der Waals surface area contributed by atoms with E-state index >= 15 is 0 Å². The Balaban J connectivity index is 1.95. The van der Waals surface area contributed by atoms with Crippen molar-refractivity contribution >= 4 is 22.4 Å². The Kier molecular flexibility index (Phi) is 4.00. The van der Waals surface area contributed by atoms with Gasteiger partial charge in [0.2, 0.25) is 0 Å². The Morgan fingerprint density at radius 1 is 1.19 bits per heavy atom. The summed E-state index contributed by atoms with van der Waals surface area (Å²) in [5.74, 6) is 1.77. The minimum atomic E-state index is 0.648. The van der Waals surface area contributed by atoms with Crippen molar-refractivity contribution in [3.8, 4) is 0 Å². The van der Waals surface area contributed by atoms with Gasteiger partial charge in [0.15, 0.2) is 0 Å². The van der Waals surface area contributed by atoms with Gasteiger partial charge in [0, 0.05) is 23.7 Å². The molecule has 0 bridgehead atoms. The Morgan fingerprint density at radius 2 is 1.95 bits per heavy atom. The molecule has 0 unspecified atom stereocenters. The standard InChI is InChI=1S/C18H25N3/c1-13(2)12-21(16-5-3-4-6-16)18-10-7-14-11-15(19)8-9-17(14)20-18/h7-11,13,16H,3-6,12,19H2,1-2H3. The second kappa shape index (κ2) is 5.92. The minimum absolute atomic E-state index is 0.648. The molecule has 0 aliphatic heterocycles. The van der Waals surface area contributed by atoms with Gasteiger partial charge in [0.1, 0.15) is 5.82 Å². The van der Waals surface area contributed by atoms with Gasteiger partial charge in [0.25, 0.3) is 0 Å². The van der Waals surface area contributed by atoms with Gasteiger partial charge < -0.3 is 10.6 Å². The van der Waals surface area contributed by atoms with Crippen LogP contribution in [0.25, 0.3) is 10.9 Å². The number of aromatic nitrogens is 1. The second-order valence-corrected chi connectivity index (χ2v) is 6.61. The number of hydrogen-bond acceptors (Lipinski definition) is 3. The van der Waals surface area contributed by atoms with E-state index in [4.69, 9.17) is 10.7 Å². The number of fused-ring (bicyclic) bond motifs is 1. The molecule has 1 fully saturated rings. The molecule has 0 atom stereocenters. The van der Waals surface area contributed by atoms with E-state index in [1.54, 1.807) is 0 Å². The minimum Gasteiger partial charge on any atom is -0.399 e. The van der Waals surface area contributed by atoms with E-state index in [-0.39, 0.29) is 0 Å². The molecular weight excluding hydrogens is 258 g/mol. The van der Waals surface area contributed by atoms with E-state index in [9.17, 15) is 0 Å². The first-order valence-corrected chi connectivity index (χ1v) is 8.06. The van der Waals surface area contributed by atoms with Gasteiger partial charge in [-0.05, 0) is 49.1 Å². The van der Waals surface area contributed by atoms with Gasteiger partial charge in [-0.3, -0.25) is 0 Å². The second-order valence-electron chi connectivity index (χ2n) is 6.61. The Labute approximate surface area is 127 Å². The van der Waals surface area contributed by atoms with E-state index in [1.165, 1.54) is 25.7 Å². The van der Waals surface area contributed by atoms with Crippen LogP contribution in [0.1, 0.15) is 39.5 Å². The molecule has 2 N–H and O–H groups in total. The van der Waals surface area contributed by atoms with Crippen LogP contribution in [0, 0.1) is 5.92 Å². The summed E-state index contributed by atoms with van der Waals surface area (Å²) in [6.45, 7) is 5.64. The van der Waals surface area contributed by atoms with Crippen LogP contribution in [-0.4, -0.2) is 17.6 Å². The van der Waals surface area contributed by atoms with Crippen LogP contribution in [0.2, 0.25) is 0 Å². The molecule has 1 saturated carbocycles. The van der Waals surface area contributed by atoms with E-state index in [2.05, 4.69) is 30.9 Å². The summed E-state index contributed by atoms with van der Waals surface area (Å²) in [6.07, 6.45) is 5.30. The fourth-order valence-corrected chi connectivity index (χ4v) is 3.33. The highest BCUT2D eigenvalue weighted by Gasteiger charge is 2.24. The zero-order valence-electron chi connectivity index (χ0n) is 13.0. The topological polar surface area (TPSA) is 42.1 Å². The Morgan fingerprint density at radius 3 is 2.67 bits per heavy atom. The summed E-state index contributed by atoms with van der Waals surface area (Å²) in [4.78, 5) is 7.41. The Hall–Kier alpha value is -1.77. The lowest BCUT2D eigenvalue weighted by Crippen LogP contribution is -2.36. The summed E-state index contributed by atoms with van der Waals surface area (Å²) >= 11 is 0. The first kappa shape index (κ1) is 14.2. The summed E-state index contributed by atoms with van der Waals surface area (Å²) in [6, 6.07) is 10.9. The van der Waals surface area contributed by atoms with Gasteiger partial charge >= 0.3 is 0 Å². The number of rotatable bonds is 4. The fourth-order valence-electron chi connectivity index (χ4n) is 3.33. The largest absolute Gasteiger partial charge is 0.399 e. The molecular formula is C18H25N3. The summed E-state index contributed by atoms with van der Waals surface area (Å²) < 4.78 is 0. The van der Waals surface area contributed by atoms with Crippen LogP contribution in [0.3, 0.4) is 0 Å². The lowest BCUT2D eigenvalue weighted by Gasteiger charge is -2.32. The number of nitrogens with two attached hydrogens (primary N) is 1. The molecule has 3 rings (SSSR count). The quantitative estimate of drug-likeness (QED) is 0.854. The zero-order chi connectivity index (χ0) is 14.8. The first-order chi connectivity index (χ1) is 10.1. The molecule has 112 valence electrons. The highest BCUT2D eigenvalue weighted by Crippen LogP contribution is 2.29. The molecule has 1 aliphatic rings. The highest BCUT2D eigenvalue weighted by atomic mass is 15.2. The molecule has 21 heavy (non-hydrogen) atoms. The van der Waals surface area contributed by atoms with Crippen molar-refractivity contribution in [2.45, 2.75) is 45.6 Å². The maximum absolute atomic E-state index is 5.85. The number of hydrogen-bond donors (Lipinski definition) is 1. The summed E-state index contributed by atoms with van der Waals surface area (Å²) in [5, 5.41) is 1.12. The average molecular weight is 283 g/mol. The van der Waals surface area contributed by atoms with Crippen molar-refractivity contribution < 1.29 is 0 Å². The maximum Gasteiger partial charge on any atom is 0.129 e. The first-order valence-electron chi connectivity index (χ1n) is 8.06. The molecule has 3 nitrogen and oxygen atoms in total. The van der Waals surface area contributed by atoms with E-state index in [1.807, 2.05) is 18.2 Å². The summed E-state index contributed by atoms with van der Waals surface area (Å²) in [5.41, 5.74) is 7.68. The molecule has 0 radical (unpaired) electrons. The van der Waals surface area contributed by atoms with Crippen LogP contribution in [0.15, 0.2) is 30.3 Å². The van der Waals surface area contributed by atoms with Gasteiger partial charge in [-0.1, -0.05) is 26.7 Å². The molecule has 2 aromatic rings. The predicted octanol–water partition coefficient (Wildman–Crippen LogP) is 4.22. The SMILES string of the molecule is CC(C)CN(c1ccc2cc(N)ccc2n1)C1CCCC1. The van der Waals surface area contributed by atoms with Crippen molar-refractivity contribution in [2.24, 2.45) is 5.92 Å². The highest BCUT2D eigenvalue weighted by molar-refractivity contribution is 5.83. The van der Waals surface area contributed by atoms with Crippen molar-refractivity contribution in [2.75, 3.05) is 17.2 Å². The van der Waals surface area contributed by atoms with Crippen LogP contribution >= 0.6 is 0 Å². The number of nitrogen functional groups attached to an aromatic ring is 1. The number of pyridine rings is 1. The molecule has 1 aromatic heterocycles. The average Bonchev–Trinajstić information content (AvgIpc) is 2.98. The smallest absolute Gasteiger partial charge is 0.129 e. The molecule has 1 aromatic carbocycles. The number of anilines is 2.